The minimum Gasteiger partial charge on any atom is -0.494 e. The van der Waals surface area contributed by atoms with E-state index < -0.39 is 0 Å². The lowest BCUT2D eigenvalue weighted by Gasteiger charge is -2.12. The first-order chi connectivity index (χ1) is 15.1. The van der Waals surface area contributed by atoms with Gasteiger partial charge in [0.15, 0.2) is 0 Å². The van der Waals surface area contributed by atoms with Gasteiger partial charge >= 0.3 is 5.97 Å². The molecule has 1 aromatic carbocycles. The number of hydrogen-bond acceptors (Lipinski definition) is 7. The van der Waals surface area contributed by atoms with Crippen LogP contribution in [0.4, 0.5) is 0 Å². The third kappa shape index (κ3) is 4.25. The Morgan fingerprint density at radius 2 is 2.03 bits per heavy atom. The number of aromatic nitrogens is 2. The summed E-state index contributed by atoms with van der Waals surface area (Å²) in [6, 6.07) is 10.4. The predicted molar refractivity (Wildman–Crippen MR) is 119 cm³/mol. The molecule has 0 saturated heterocycles. The van der Waals surface area contributed by atoms with Crippen molar-refractivity contribution in [1.29, 1.82) is 0 Å². The number of fused-ring (bicyclic) bond motifs is 1. The SMILES string of the molecule is CCc1nc2scc(-c3ccco3)c2c(=O)n1CCCOc1ccc(C(=O)OC)cc1. The molecule has 0 unspecified atom stereocenters. The molecule has 7 nitrogen and oxygen atoms in total. The Hall–Kier alpha value is -3.39. The van der Waals surface area contributed by atoms with Crippen LogP contribution >= 0.6 is 11.3 Å². The normalized spacial score (nSPS) is 11.0. The molecule has 8 heteroatoms. The first-order valence-electron chi connectivity index (χ1n) is 9.98. The average Bonchev–Trinajstić information content (AvgIpc) is 3.47. The summed E-state index contributed by atoms with van der Waals surface area (Å²) in [7, 11) is 1.35. The van der Waals surface area contributed by atoms with Gasteiger partial charge in [0, 0.05) is 23.9 Å². The highest BCUT2D eigenvalue weighted by Gasteiger charge is 2.17. The van der Waals surface area contributed by atoms with Crippen molar-refractivity contribution in [2.24, 2.45) is 0 Å². The lowest BCUT2D eigenvalue weighted by molar-refractivity contribution is 0.0600. The molecule has 3 aromatic heterocycles. The van der Waals surface area contributed by atoms with E-state index in [-0.39, 0.29) is 11.5 Å². The Bertz CT molecular complexity index is 1240. The lowest BCUT2D eigenvalue weighted by Crippen LogP contribution is -2.25. The van der Waals surface area contributed by atoms with E-state index in [1.165, 1.54) is 18.4 Å². The number of carbonyl (C=O) groups is 1. The van der Waals surface area contributed by atoms with Crippen molar-refractivity contribution >= 4 is 27.5 Å². The Labute approximate surface area is 182 Å². The second-order valence-corrected chi connectivity index (χ2v) is 7.72. The minimum atomic E-state index is -0.386. The van der Waals surface area contributed by atoms with Crippen LogP contribution in [0.1, 0.15) is 29.5 Å². The van der Waals surface area contributed by atoms with Crippen molar-refractivity contribution in [3.63, 3.8) is 0 Å². The van der Waals surface area contributed by atoms with Crippen LogP contribution in [0.5, 0.6) is 5.75 Å². The number of aryl methyl sites for hydroxylation is 1. The molecule has 0 spiro atoms. The summed E-state index contributed by atoms with van der Waals surface area (Å²) in [5.74, 6) is 1.69. The van der Waals surface area contributed by atoms with Crippen molar-refractivity contribution in [2.75, 3.05) is 13.7 Å². The van der Waals surface area contributed by atoms with Crippen LogP contribution in [-0.4, -0.2) is 29.2 Å². The molecule has 0 atom stereocenters. The molecule has 31 heavy (non-hydrogen) atoms. The van der Waals surface area contributed by atoms with Crippen LogP contribution in [0.15, 0.2) is 57.3 Å². The fraction of sp³-hybridized carbons (Fsp3) is 0.261. The summed E-state index contributed by atoms with van der Waals surface area (Å²) in [6.45, 7) is 2.92. The fourth-order valence-electron chi connectivity index (χ4n) is 3.40. The number of carbonyl (C=O) groups excluding carboxylic acids is 1. The molecule has 3 heterocycles. The predicted octanol–water partition coefficient (Wildman–Crippen LogP) is 4.54. The number of thiophene rings is 1. The summed E-state index contributed by atoms with van der Waals surface area (Å²) in [6.07, 6.45) is 2.90. The first kappa shape index (κ1) is 20.9. The molecule has 0 saturated carbocycles. The van der Waals surface area contributed by atoms with Crippen LogP contribution in [-0.2, 0) is 17.7 Å². The van der Waals surface area contributed by atoms with Crippen molar-refractivity contribution in [3.8, 4) is 17.1 Å². The van der Waals surface area contributed by atoms with Gasteiger partial charge in [-0.3, -0.25) is 9.36 Å². The van der Waals surface area contributed by atoms with Gasteiger partial charge in [0.1, 0.15) is 22.2 Å². The van der Waals surface area contributed by atoms with E-state index in [1.54, 1.807) is 41.2 Å². The molecule has 0 aliphatic carbocycles. The third-order valence-electron chi connectivity index (χ3n) is 4.95. The summed E-state index contributed by atoms with van der Waals surface area (Å²) in [5.41, 5.74) is 1.19. The molecular formula is C23H22N2O5S. The second-order valence-electron chi connectivity index (χ2n) is 6.86. The van der Waals surface area contributed by atoms with E-state index in [0.717, 1.165) is 16.2 Å². The minimum absolute atomic E-state index is 0.0584. The number of esters is 1. The van der Waals surface area contributed by atoms with Crippen molar-refractivity contribution in [2.45, 2.75) is 26.3 Å². The molecule has 0 bridgehead atoms. The number of ether oxygens (including phenoxy) is 2. The molecule has 0 fully saturated rings. The largest absolute Gasteiger partial charge is 0.494 e. The average molecular weight is 439 g/mol. The van der Waals surface area contributed by atoms with Gasteiger partial charge in [0.05, 0.1) is 30.9 Å². The van der Waals surface area contributed by atoms with Crippen LogP contribution in [0, 0.1) is 0 Å². The molecule has 0 aliphatic rings. The smallest absolute Gasteiger partial charge is 0.337 e. The Kier molecular flexibility index (Phi) is 6.18. The highest BCUT2D eigenvalue weighted by atomic mass is 32.1. The van der Waals surface area contributed by atoms with E-state index in [4.69, 9.17) is 18.9 Å². The van der Waals surface area contributed by atoms with Crippen LogP contribution in [0.3, 0.4) is 0 Å². The number of nitrogens with zero attached hydrogens (tertiary/aromatic N) is 2. The monoisotopic (exact) mass is 438 g/mol. The van der Waals surface area contributed by atoms with Crippen molar-refractivity contribution in [3.05, 3.63) is 69.8 Å². The van der Waals surface area contributed by atoms with Gasteiger partial charge in [0.25, 0.3) is 5.56 Å². The van der Waals surface area contributed by atoms with Gasteiger partial charge in [-0.05, 0) is 42.8 Å². The van der Waals surface area contributed by atoms with E-state index in [9.17, 15) is 9.59 Å². The summed E-state index contributed by atoms with van der Waals surface area (Å²) < 4.78 is 17.7. The van der Waals surface area contributed by atoms with E-state index in [2.05, 4.69) is 0 Å². The number of rotatable bonds is 8. The van der Waals surface area contributed by atoms with Gasteiger partial charge in [-0.1, -0.05) is 6.92 Å². The molecule has 0 aliphatic heterocycles. The molecule has 160 valence electrons. The Morgan fingerprint density at radius 3 is 2.71 bits per heavy atom. The standard InChI is InChI=1S/C23H22N2O5S/c1-3-19-24-21-20(17(14-31-21)18-6-4-12-30-18)22(26)25(19)11-5-13-29-16-9-7-15(8-10-16)23(27)28-2/h4,6-10,12,14H,3,5,11,13H2,1-2H3. The molecular weight excluding hydrogens is 416 g/mol. The molecule has 0 amide bonds. The summed E-state index contributed by atoms with van der Waals surface area (Å²) in [4.78, 5) is 30.2. The summed E-state index contributed by atoms with van der Waals surface area (Å²) in [5, 5.41) is 2.51. The van der Waals surface area contributed by atoms with E-state index >= 15 is 0 Å². The topological polar surface area (TPSA) is 83.6 Å². The molecule has 4 rings (SSSR count). The summed E-state index contributed by atoms with van der Waals surface area (Å²) >= 11 is 1.45. The zero-order valence-electron chi connectivity index (χ0n) is 17.3. The van der Waals surface area contributed by atoms with Crippen LogP contribution in [0.2, 0.25) is 0 Å². The third-order valence-corrected chi connectivity index (χ3v) is 5.82. The van der Waals surface area contributed by atoms with Crippen LogP contribution < -0.4 is 10.3 Å². The van der Waals surface area contributed by atoms with Gasteiger partial charge in [-0.25, -0.2) is 9.78 Å². The maximum absolute atomic E-state index is 13.3. The number of benzene rings is 1. The van der Waals surface area contributed by atoms with Crippen LogP contribution in [0.25, 0.3) is 21.5 Å². The fourth-order valence-corrected chi connectivity index (χ4v) is 4.33. The second kappa shape index (κ2) is 9.18. The van der Waals surface area contributed by atoms with Gasteiger partial charge < -0.3 is 13.9 Å². The Morgan fingerprint density at radius 1 is 1.23 bits per heavy atom. The lowest BCUT2D eigenvalue weighted by atomic mass is 10.2. The first-order valence-corrected chi connectivity index (χ1v) is 10.9. The molecule has 4 aromatic rings. The maximum atomic E-state index is 13.3. The van der Waals surface area contributed by atoms with Gasteiger partial charge in [-0.2, -0.15) is 0 Å². The van der Waals surface area contributed by atoms with E-state index in [0.29, 0.717) is 48.5 Å². The molecule has 0 N–H and O–H groups in total. The van der Waals surface area contributed by atoms with Gasteiger partial charge in [0.2, 0.25) is 0 Å². The highest BCUT2D eigenvalue weighted by Crippen LogP contribution is 2.31. The van der Waals surface area contributed by atoms with Gasteiger partial charge in [-0.15, -0.1) is 11.3 Å². The molecule has 0 radical (unpaired) electrons. The number of methoxy groups -OCH3 is 1. The zero-order chi connectivity index (χ0) is 21.8. The van der Waals surface area contributed by atoms with Crippen molar-refractivity contribution in [1.82, 2.24) is 9.55 Å². The highest BCUT2D eigenvalue weighted by molar-refractivity contribution is 7.17. The number of hydrogen-bond donors (Lipinski definition) is 0. The quantitative estimate of drug-likeness (QED) is 0.297. The van der Waals surface area contributed by atoms with E-state index in [1.807, 2.05) is 18.4 Å². The Balaban J connectivity index is 1.49. The maximum Gasteiger partial charge on any atom is 0.337 e. The van der Waals surface area contributed by atoms with Crippen molar-refractivity contribution < 1.29 is 18.7 Å². The number of furan rings is 1. The zero-order valence-corrected chi connectivity index (χ0v) is 18.1.